The van der Waals surface area contributed by atoms with E-state index in [0.29, 0.717) is 36.3 Å². The van der Waals surface area contributed by atoms with Gasteiger partial charge in [-0.15, -0.1) is 0 Å². The van der Waals surface area contributed by atoms with E-state index in [1.54, 1.807) is 14.5 Å². The third kappa shape index (κ3) is 2.82. The van der Waals surface area contributed by atoms with Crippen LogP contribution in [0.1, 0.15) is 39.9 Å². The van der Waals surface area contributed by atoms with Gasteiger partial charge in [0.25, 0.3) is 5.91 Å². The highest BCUT2D eigenvalue weighted by atomic mass is 16.2. The van der Waals surface area contributed by atoms with Crippen molar-refractivity contribution in [1.29, 1.82) is 0 Å². The number of para-hydroxylation sites is 1. The molecule has 30 heavy (non-hydrogen) atoms. The molecule has 0 saturated carbocycles. The highest BCUT2D eigenvalue weighted by Crippen LogP contribution is 2.31. The van der Waals surface area contributed by atoms with E-state index in [1.807, 2.05) is 54.6 Å². The van der Waals surface area contributed by atoms with E-state index in [9.17, 15) is 14.4 Å². The first kappa shape index (κ1) is 18.3. The Morgan fingerprint density at radius 2 is 1.47 bits per heavy atom. The molecule has 0 aliphatic carbocycles. The van der Waals surface area contributed by atoms with E-state index in [0.717, 1.165) is 23.6 Å². The van der Waals surface area contributed by atoms with Crippen molar-refractivity contribution < 1.29 is 14.4 Å². The molecular formula is C23H20N4O3. The largest absolute Gasteiger partial charge is 0.312 e. The van der Waals surface area contributed by atoms with Crippen LogP contribution in [0.3, 0.4) is 0 Å². The lowest BCUT2D eigenvalue weighted by atomic mass is 10.0. The van der Waals surface area contributed by atoms with Crippen LogP contribution in [0.2, 0.25) is 0 Å². The molecule has 7 heteroatoms. The van der Waals surface area contributed by atoms with E-state index in [4.69, 9.17) is 0 Å². The molecule has 2 amide bonds. The number of anilines is 2. The molecule has 2 aliphatic rings. The Hall–Kier alpha value is -3.74. The summed E-state index contributed by atoms with van der Waals surface area (Å²) >= 11 is 0. The van der Waals surface area contributed by atoms with Gasteiger partial charge < -0.3 is 9.80 Å². The van der Waals surface area contributed by atoms with Crippen molar-refractivity contribution in [2.75, 3.05) is 22.9 Å². The van der Waals surface area contributed by atoms with Gasteiger partial charge in [-0.05, 0) is 42.8 Å². The number of hydrogen-bond acceptors (Lipinski definition) is 4. The van der Waals surface area contributed by atoms with Crippen molar-refractivity contribution >= 4 is 29.0 Å². The van der Waals surface area contributed by atoms with Gasteiger partial charge in [-0.25, -0.2) is 4.68 Å². The van der Waals surface area contributed by atoms with Crippen molar-refractivity contribution in [2.24, 2.45) is 0 Å². The summed E-state index contributed by atoms with van der Waals surface area (Å²) in [4.78, 5) is 40.7. The average molecular weight is 400 g/mol. The van der Waals surface area contributed by atoms with E-state index < -0.39 is 0 Å². The number of carbonyl (C=O) groups is 3. The Labute approximate surface area is 173 Å². The molecule has 0 N–H and O–H groups in total. The summed E-state index contributed by atoms with van der Waals surface area (Å²) in [5.41, 5.74) is 3.83. The standard InChI is InChI=1S/C23H20N4O3/c1-15(28)21-19-11-13-26(17-9-7-16(8-10-17)25-14-12-20(25)29)23(30)22(19)27(24-21)18-5-3-2-4-6-18/h2-10H,11-14H2,1H3. The first-order valence-electron chi connectivity index (χ1n) is 9.95. The van der Waals surface area contributed by atoms with Gasteiger partial charge in [0.05, 0.1) is 5.69 Å². The fourth-order valence-electron chi connectivity index (χ4n) is 4.05. The lowest BCUT2D eigenvalue weighted by Gasteiger charge is -2.32. The summed E-state index contributed by atoms with van der Waals surface area (Å²) in [5.74, 6) is -0.219. The minimum absolute atomic E-state index is 0.116. The molecule has 2 aliphatic heterocycles. The Balaban J connectivity index is 1.53. The van der Waals surface area contributed by atoms with Gasteiger partial charge in [-0.3, -0.25) is 14.4 Å². The number of ketones is 1. The zero-order valence-corrected chi connectivity index (χ0v) is 16.5. The Morgan fingerprint density at radius 3 is 2.03 bits per heavy atom. The third-order valence-corrected chi connectivity index (χ3v) is 5.67. The second kappa shape index (κ2) is 6.95. The number of amides is 2. The molecule has 1 fully saturated rings. The lowest BCUT2D eigenvalue weighted by molar-refractivity contribution is -0.122. The van der Waals surface area contributed by atoms with Crippen LogP contribution in [-0.2, 0) is 11.2 Å². The van der Waals surface area contributed by atoms with E-state index >= 15 is 0 Å². The van der Waals surface area contributed by atoms with Crippen molar-refractivity contribution in [3.63, 3.8) is 0 Å². The number of β-lactam (4-membered cyclic amide) rings is 1. The van der Waals surface area contributed by atoms with Crippen LogP contribution in [-0.4, -0.2) is 40.5 Å². The van der Waals surface area contributed by atoms with Crippen LogP contribution < -0.4 is 9.80 Å². The summed E-state index contributed by atoms with van der Waals surface area (Å²) in [6, 6.07) is 16.8. The van der Waals surface area contributed by atoms with Crippen molar-refractivity contribution in [3.8, 4) is 5.69 Å². The second-order valence-corrected chi connectivity index (χ2v) is 7.50. The minimum Gasteiger partial charge on any atom is -0.312 e. The molecule has 0 spiro atoms. The van der Waals surface area contributed by atoms with E-state index in [1.165, 1.54) is 6.92 Å². The number of fused-ring (bicyclic) bond motifs is 1. The molecular weight excluding hydrogens is 380 g/mol. The molecule has 0 radical (unpaired) electrons. The molecule has 1 aromatic heterocycles. The maximum absolute atomic E-state index is 13.5. The molecule has 150 valence electrons. The smallest absolute Gasteiger partial charge is 0.277 e. The summed E-state index contributed by atoms with van der Waals surface area (Å²) in [5, 5.41) is 4.48. The van der Waals surface area contributed by atoms with Crippen LogP contribution in [0.25, 0.3) is 5.69 Å². The molecule has 3 heterocycles. The van der Waals surface area contributed by atoms with Crippen LogP contribution in [0.15, 0.2) is 54.6 Å². The molecule has 5 rings (SSSR count). The van der Waals surface area contributed by atoms with Crippen molar-refractivity contribution in [2.45, 2.75) is 19.8 Å². The predicted molar refractivity (Wildman–Crippen MR) is 112 cm³/mol. The number of hydrogen-bond donors (Lipinski definition) is 0. The van der Waals surface area contributed by atoms with E-state index in [-0.39, 0.29) is 17.6 Å². The van der Waals surface area contributed by atoms with Gasteiger partial charge in [0.2, 0.25) is 5.91 Å². The van der Waals surface area contributed by atoms with Gasteiger partial charge in [0, 0.05) is 43.4 Å². The van der Waals surface area contributed by atoms with Crippen LogP contribution >= 0.6 is 0 Å². The van der Waals surface area contributed by atoms with Crippen molar-refractivity contribution in [1.82, 2.24) is 9.78 Å². The highest BCUT2D eigenvalue weighted by molar-refractivity contribution is 6.10. The summed E-state index contributed by atoms with van der Waals surface area (Å²) in [7, 11) is 0. The predicted octanol–water partition coefficient (Wildman–Crippen LogP) is 3.01. The Kier molecular flexibility index (Phi) is 4.24. The number of aromatic nitrogens is 2. The minimum atomic E-state index is -0.187. The number of nitrogens with zero attached hydrogens (tertiary/aromatic N) is 4. The van der Waals surface area contributed by atoms with Crippen molar-refractivity contribution in [3.05, 3.63) is 71.5 Å². The third-order valence-electron chi connectivity index (χ3n) is 5.67. The second-order valence-electron chi connectivity index (χ2n) is 7.50. The fraction of sp³-hybridized carbons (Fsp3) is 0.217. The molecule has 0 atom stereocenters. The monoisotopic (exact) mass is 400 g/mol. The SMILES string of the molecule is CC(=O)c1nn(-c2ccccc2)c2c1CCN(c1ccc(N3CCC3=O)cc1)C2=O. The van der Waals surface area contributed by atoms with Crippen LogP contribution in [0, 0.1) is 0 Å². The molecule has 3 aromatic rings. The summed E-state index contributed by atoms with van der Waals surface area (Å²) in [6.45, 7) is 2.67. The van der Waals surface area contributed by atoms with Crippen LogP contribution in [0.5, 0.6) is 0 Å². The van der Waals surface area contributed by atoms with Gasteiger partial charge in [-0.2, -0.15) is 5.10 Å². The number of rotatable bonds is 4. The maximum atomic E-state index is 13.5. The highest BCUT2D eigenvalue weighted by Gasteiger charge is 2.34. The fourth-order valence-corrected chi connectivity index (χ4v) is 4.05. The van der Waals surface area contributed by atoms with Gasteiger partial charge in [0.1, 0.15) is 11.4 Å². The molecule has 0 unspecified atom stereocenters. The normalized spacial score (nSPS) is 15.8. The zero-order valence-electron chi connectivity index (χ0n) is 16.5. The first-order valence-corrected chi connectivity index (χ1v) is 9.95. The van der Waals surface area contributed by atoms with Crippen LogP contribution in [0.4, 0.5) is 11.4 Å². The summed E-state index contributed by atoms with van der Waals surface area (Å²) < 4.78 is 1.58. The zero-order chi connectivity index (χ0) is 20.8. The molecule has 7 nitrogen and oxygen atoms in total. The topological polar surface area (TPSA) is 75.5 Å². The molecule has 1 saturated heterocycles. The Morgan fingerprint density at radius 1 is 0.833 bits per heavy atom. The number of carbonyl (C=O) groups excluding carboxylic acids is 3. The average Bonchev–Trinajstić information content (AvgIpc) is 3.15. The molecule has 2 aromatic carbocycles. The first-order chi connectivity index (χ1) is 14.5. The summed E-state index contributed by atoms with van der Waals surface area (Å²) in [6.07, 6.45) is 1.13. The van der Waals surface area contributed by atoms with Gasteiger partial charge >= 0.3 is 0 Å². The van der Waals surface area contributed by atoms with Gasteiger partial charge in [-0.1, -0.05) is 18.2 Å². The molecule has 0 bridgehead atoms. The maximum Gasteiger partial charge on any atom is 0.277 e. The number of Topliss-reactive ketones (excluding diaryl/α,β-unsaturated/α-hetero) is 1. The van der Waals surface area contributed by atoms with E-state index in [2.05, 4.69) is 5.10 Å². The van der Waals surface area contributed by atoms with Gasteiger partial charge in [0.15, 0.2) is 5.78 Å². The Bertz CT molecular complexity index is 1170. The number of benzene rings is 2. The quantitative estimate of drug-likeness (QED) is 0.498. The lowest BCUT2D eigenvalue weighted by Crippen LogP contribution is -2.43.